The molecule has 1 aromatic heterocycles. The maximum absolute atomic E-state index is 9.64. The fourth-order valence-electron chi connectivity index (χ4n) is 2.37. The molecule has 2 N–H and O–H groups in total. The molecule has 25 heavy (non-hydrogen) atoms. The highest BCUT2D eigenvalue weighted by Gasteiger charge is 2.15. The normalized spacial score (nSPS) is 9.72. The van der Waals surface area contributed by atoms with Crippen molar-refractivity contribution in [1.29, 1.82) is 10.5 Å². The van der Waals surface area contributed by atoms with Gasteiger partial charge in [-0.05, 0) is 31.2 Å². The second-order valence-electron chi connectivity index (χ2n) is 5.48. The summed E-state index contributed by atoms with van der Waals surface area (Å²) >= 11 is 0. The molecule has 3 aromatic rings. The van der Waals surface area contributed by atoms with Gasteiger partial charge in [0, 0.05) is 17.6 Å². The second-order valence-corrected chi connectivity index (χ2v) is 5.48. The van der Waals surface area contributed by atoms with Crippen LogP contribution in [0.25, 0.3) is 0 Å². The average molecular weight is 325 g/mol. The van der Waals surface area contributed by atoms with E-state index in [0.717, 1.165) is 16.9 Å². The van der Waals surface area contributed by atoms with E-state index in [1.165, 1.54) is 6.20 Å². The first-order valence-corrected chi connectivity index (χ1v) is 7.70. The molecule has 0 bridgehead atoms. The zero-order valence-corrected chi connectivity index (χ0v) is 13.6. The molecule has 0 spiro atoms. The number of benzene rings is 2. The molecule has 0 saturated heterocycles. The first kappa shape index (κ1) is 16.0. The summed E-state index contributed by atoms with van der Waals surface area (Å²) in [5, 5.41) is 25.3. The lowest BCUT2D eigenvalue weighted by Crippen LogP contribution is -2.04. The van der Waals surface area contributed by atoms with Gasteiger partial charge in [0.05, 0.1) is 11.3 Å². The smallest absolute Gasteiger partial charge is 0.150 e. The fraction of sp³-hybridized carbons (Fsp3) is 0.0500. The fourth-order valence-corrected chi connectivity index (χ4v) is 2.37. The third-order valence-electron chi connectivity index (χ3n) is 3.67. The summed E-state index contributed by atoms with van der Waals surface area (Å²) in [5.41, 5.74) is 3.82. The summed E-state index contributed by atoms with van der Waals surface area (Å²) in [6.07, 6.45) is 1.46. The molecule has 5 nitrogen and oxygen atoms in total. The number of nitrogens with zero attached hydrogens (tertiary/aromatic N) is 3. The molecule has 1 heterocycles. The Morgan fingerprint density at radius 2 is 1.52 bits per heavy atom. The molecule has 0 unspecified atom stereocenters. The molecule has 0 fully saturated rings. The molecule has 0 atom stereocenters. The van der Waals surface area contributed by atoms with Crippen LogP contribution in [0.4, 0.5) is 22.9 Å². The molecule has 0 saturated carbocycles. The van der Waals surface area contributed by atoms with Crippen LogP contribution >= 0.6 is 0 Å². The van der Waals surface area contributed by atoms with E-state index in [1.54, 1.807) is 0 Å². The third-order valence-corrected chi connectivity index (χ3v) is 3.67. The Labute approximate surface area is 146 Å². The van der Waals surface area contributed by atoms with E-state index in [-0.39, 0.29) is 0 Å². The number of rotatable bonds is 4. The number of hydrogen-bond acceptors (Lipinski definition) is 5. The molecular weight excluding hydrogens is 310 g/mol. The highest BCUT2D eigenvalue weighted by molar-refractivity contribution is 5.79. The summed E-state index contributed by atoms with van der Waals surface area (Å²) in [6.45, 7) is 2.01. The van der Waals surface area contributed by atoms with Gasteiger partial charge in [-0.1, -0.05) is 35.9 Å². The summed E-state index contributed by atoms with van der Waals surface area (Å²) < 4.78 is 0. The lowest BCUT2D eigenvalue weighted by atomic mass is 10.1. The number of nitriles is 2. The number of anilines is 4. The van der Waals surface area contributed by atoms with Crippen LogP contribution in [0.1, 0.15) is 16.7 Å². The lowest BCUT2D eigenvalue weighted by Gasteiger charge is -2.14. The zero-order chi connectivity index (χ0) is 17.6. The van der Waals surface area contributed by atoms with Gasteiger partial charge in [0.15, 0.2) is 5.82 Å². The molecule has 0 aliphatic heterocycles. The quantitative estimate of drug-likeness (QED) is 0.731. The van der Waals surface area contributed by atoms with Crippen molar-refractivity contribution in [2.45, 2.75) is 6.92 Å². The van der Waals surface area contributed by atoms with Gasteiger partial charge in [0.25, 0.3) is 0 Å². The molecule has 0 aliphatic carbocycles. The molecule has 3 rings (SSSR count). The van der Waals surface area contributed by atoms with Gasteiger partial charge >= 0.3 is 0 Å². The maximum atomic E-state index is 9.64. The summed E-state index contributed by atoms with van der Waals surface area (Å²) in [7, 11) is 0. The largest absolute Gasteiger partial charge is 0.353 e. The van der Waals surface area contributed by atoms with Crippen LogP contribution in [0, 0.1) is 29.6 Å². The second kappa shape index (κ2) is 7.16. The number of aryl methyl sites for hydroxylation is 1. The highest BCUT2D eigenvalue weighted by Crippen LogP contribution is 2.30. The van der Waals surface area contributed by atoms with E-state index in [0.29, 0.717) is 22.6 Å². The maximum Gasteiger partial charge on any atom is 0.150 e. The Balaban J connectivity index is 2.03. The molecule has 5 heteroatoms. The van der Waals surface area contributed by atoms with E-state index in [2.05, 4.69) is 27.8 Å². The van der Waals surface area contributed by atoms with Crippen molar-refractivity contribution < 1.29 is 0 Å². The van der Waals surface area contributed by atoms with Crippen molar-refractivity contribution >= 4 is 22.9 Å². The number of aromatic nitrogens is 1. The van der Waals surface area contributed by atoms with E-state index >= 15 is 0 Å². The van der Waals surface area contributed by atoms with E-state index in [9.17, 15) is 10.5 Å². The SMILES string of the molecule is Cc1ccc(Nc2ncc(C#N)c(Nc3ccccc3)c2C#N)cc1. The number of para-hydroxylation sites is 1. The van der Waals surface area contributed by atoms with Crippen LogP contribution in [0.2, 0.25) is 0 Å². The van der Waals surface area contributed by atoms with Crippen molar-refractivity contribution in [1.82, 2.24) is 4.98 Å². The van der Waals surface area contributed by atoms with Crippen molar-refractivity contribution in [3.63, 3.8) is 0 Å². The molecular formula is C20H15N5. The first-order valence-electron chi connectivity index (χ1n) is 7.70. The Bertz CT molecular complexity index is 964. The van der Waals surface area contributed by atoms with Crippen LogP contribution in [-0.4, -0.2) is 4.98 Å². The molecule has 2 aromatic carbocycles. The van der Waals surface area contributed by atoms with Gasteiger partial charge < -0.3 is 10.6 Å². The molecule has 0 aliphatic rings. The first-order chi connectivity index (χ1) is 12.2. The molecule has 120 valence electrons. The standard InChI is InChI=1S/C20H15N5/c1-14-7-9-17(10-8-14)25-20-18(12-22)19(15(11-21)13-23-20)24-16-5-3-2-4-6-16/h2-10,13H,1H3,(H2,23,24,25). The minimum Gasteiger partial charge on any atom is -0.353 e. The topological polar surface area (TPSA) is 84.5 Å². The van der Waals surface area contributed by atoms with Crippen LogP contribution in [-0.2, 0) is 0 Å². The Hall–Kier alpha value is -3.83. The molecule has 0 amide bonds. The highest BCUT2D eigenvalue weighted by atomic mass is 15.0. The van der Waals surface area contributed by atoms with Crippen LogP contribution in [0.3, 0.4) is 0 Å². The van der Waals surface area contributed by atoms with Crippen LogP contribution < -0.4 is 10.6 Å². The van der Waals surface area contributed by atoms with Gasteiger partial charge in [-0.15, -0.1) is 0 Å². The lowest BCUT2D eigenvalue weighted by molar-refractivity contribution is 1.26. The van der Waals surface area contributed by atoms with Gasteiger partial charge in [-0.25, -0.2) is 4.98 Å². The predicted molar refractivity (Wildman–Crippen MR) is 97.9 cm³/mol. The van der Waals surface area contributed by atoms with Crippen molar-refractivity contribution in [2.24, 2.45) is 0 Å². The number of pyridine rings is 1. The zero-order valence-electron chi connectivity index (χ0n) is 13.6. The Kier molecular flexibility index (Phi) is 4.60. The van der Waals surface area contributed by atoms with E-state index < -0.39 is 0 Å². The Morgan fingerprint density at radius 3 is 2.16 bits per heavy atom. The summed E-state index contributed by atoms with van der Waals surface area (Å²) in [5.74, 6) is 0.406. The van der Waals surface area contributed by atoms with E-state index in [4.69, 9.17) is 0 Å². The van der Waals surface area contributed by atoms with Gasteiger partial charge in [-0.2, -0.15) is 10.5 Å². The van der Waals surface area contributed by atoms with Gasteiger partial charge in [0.1, 0.15) is 17.7 Å². The summed E-state index contributed by atoms with van der Waals surface area (Å²) in [4.78, 5) is 4.24. The number of hydrogen-bond donors (Lipinski definition) is 2. The van der Waals surface area contributed by atoms with Crippen molar-refractivity contribution in [3.05, 3.63) is 77.5 Å². The van der Waals surface area contributed by atoms with Gasteiger partial charge in [0.2, 0.25) is 0 Å². The predicted octanol–water partition coefficient (Wildman–Crippen LogP) is 4.62. The Morgan fingerprint density at radius 1 is 0.840 bits per heavy atom. The monoisotopic (exact) mass is 325 g/mol. The minimum atomic E-state index is 0.295. The van der Waals surface area contributed by atoms with Gasteiger partial charge in [-0.3, -0.25) is 0 Å². The van der Waals surface area contributed by atoms with E-state index in [1.807, 2.05) is 61.5 Å². The minimum absolute atomic E-state index is 0.295. The summed E-state index contributed by atoms with van der Waals surface area (Å²) in [6, 6.07) is 21.4. The third kappa shape index (κ3) is 3.57. The average Bonchev–Trinajstić information content (AvgIpc) is 2.65. The van der Waals surface area contributed by atoms with Crippen LogP contribution in [0.15, 0.2) is 60.8 Å². The van der Waals surface area contributed by atoms with Crippen LogP contribution in [0.5, 0.6) is 0 Å². The number of nitrogens with one attached hydrogen (secondary N) is 2. The van der Waals surface area contributed by atoms with Crippen molar-refractivity contribution in [2.75, 3.05) is 10.6 Å². The molecule has 0 radical (unpaired) electrons. The van der Waals surface area contributed by atoms with Crippen molar-refractivity contribution in [3.8, 4) is 12.1 Å².